The molecule has 0 atom stereocenters. The molecule has 0 unspecified atom stereocenters. The van der Waals surface area contributed by atoms with Gasteiger partial charge in [-0.05, 0) is 98.8 Å². The number of aryl methyl sites for hydroxylation is 1. The van der Waals surface area contributed by atoms with Gasteiger partial charge in [0.15, 0.2) is 0 Å². The number of pyridine rings is 1. The summed E-state index contributed by atoms with van der Waals surface area (Å²) in [5.41, 5.74) is 3.68. The Morgan fingerprint density at radius 1 is 0.549 bits per heavy atom. The third kappa shape index (κ3) is 31.7. The topological polar surface area (TPSA) is 205 Å². The highest BCUT2D eigenvalue weighted by Crippen LogP contribution is 2.33. The van der Waals surface area contributed by atoms with Crippen molar-refractivity contribution in [1.82, 2.24) is 15.6 Å². The maximum atomic E-state index is 13.7. The lowest BCUT2D eigenvalue weighted by atomic mass is 10.0. The molecule has 3 aromatic carbocycles. The van der Waals surface area contributed by atoms with Gasteiger partial charge in [0, 0.05) is 82.0 Å². The molecule has 4 rings (SSSR count). The third-order valence-electron chi connectivity index (χ3n) is 11.8. The summed E-state index contributed by atoms with van der Waals surface area (Å²) < 4.78 is 98.5. The van der Waals surface area contributed by atoms with Crippen LogP contribution in [0.3, 0.4) is 0 Å². The van der Waals surface area contributed by atoms with Gasteiger partial charge in [0.1, 0.15) is 0 Å². The van der Waals surface area contributed by atoms with Crippen LogP contribution >= 0.6 is 0 Å². The van der Waals surface area contributed by atoms with E-state index < -0.39 is 17.6 Å². The van der Waals surface area contributed by atoms with Crippen molar-refractivity contribution in [2.24, 2.45) is 0 Å². The van der Waals surface area contributed by atoms with Gasteiger partial charge in [-0.2, -0.15) is 13.2 Å². The molecule has 4 aromatic rings. The number of methoxy groups -OCH3 is 1. The zero-order chi connectivity index (χ0) is 59.3. The van der Waals surface area contributed by atoms with E-state index in [9.17, 15) is 27.6 Å². The van der Waals surface area contributed by atoms with Crippen molar-refractivity contribution in [3.63, 3.8) is 0 Å². The van der Waals surface area contributed by atoms with Crippen LogP contribution in [-0.4, -0.2) is 189 Å². The van der Waals surface area contributed by atoms with Gasteiger partial charge >= 0.3 is 6.18 Å². The summed E-state index contributed by atoms with van der Waals surface area (Å²) in [6.07, 6.45) is -0.187. The molecule has 0 saturated heterocycles. The summed E-state index contributed by atoms with van der Waals surface area (Å²) in [6, 6.07) is 21.0. The van der Waals surface area contributed by atoms with Crippen LogP contribution in [0, 0.1) is 0 Å². The van der Waals surface area contributed by atoms with E-state index in [2.05, 4.69) is 32.8 Å². The number of alkyl halides is 3. The summed E-state index contributed by atoms with van der Waals surface area (Å²) >= 11 is 0. The molecule has 0 aliphatic heterocycles. The number of halogens is 3. The molecule has 0 saturated carbocycles. The molecule has 3 amide bonds. The van der Waals surface area contributed by atoms with Gasteiger partial charge in [0.2, 0.25) is 5.91 Å². The largest absolute Gasteiger partial charge is 0.416 e. The van der Waals surface area contributed by atoms with Gasteiger partial charge in [-0.3, -0.25) is 19.4 Å². The molecule has 0 aliphatic carbocycles. The number of carbonyl (C=O) groups excluding carboxylic acids is 3. The minimum Gasteiger partial charge on any atom is -0.382 e. The Labute approximate surface area is 482 Å². The van der Waals surface area contributed by atoms with E-state index in [1.807, 2.05) is 50.2 Å². The lowest BCUT2D eigenvalue weighted by molar-refractivity contribution is -0.137. The first-order valence-corrected chi connectivity index (χ1v) is 28.1. The fraction of sp³-hybridized carbons (Fsp3) is 0.567. The zero-order valence-electron chi connectivity index (χ0n) is 48.6. The Hall–Kier alpha value is -5.63. The quantitative estimate of drug-likeness (QED) is 0.0358. The molecule has 22 heteroatoms. The number of rotatable bonds is 45. The first kappa shape index (κ1) is 70.6. The number of amides is 3. The lowest BCUT2D eigenvalue weighted by Crippen LogP contribution is -2.23. The fourth-order valence-corrected chi connectivity index (χ4v) is 7.48. The van der Waals surface area contributed by atoms with E-state index in [1.54, 1.807) is 26.3 Å². The molecule has 3 N–H and O–H groups in total. The monoisotopic (exact) mass is 1160 g/mol. The highest BCUT2D eigenvalue weighted by molar-refractivity contribution is 6.06. The Kier molecular flexibility index (Phi) is 38.7. The van der Waals surface area contributed by atoms with Gasteiger partial charge in [0.25, 0.3) is 11.8 Å². The number of ether oxygens (including phenoxy) is 11. The van der Waals surface area contributed by atoms with Crippen molar-refractivity contribution in [3.8, 4) is 11.3 Å². The van der Waals surface area contributed by atoms with Gasteiger partial charge in [0.05, 0.1) is 142 Å². The Bertz CT molecular complexity index is 2310. The standard InChI is InChI=1S/C44H54F3N5O7.C16H34O7/c1-4-52(5-2)37-14-15-39(38(30-37)40-29-35(16-18-49-40)42(54)50-31-33-10-7-13-36(28-33)44(45,46)47)51-43(55)34-12-6-9-32(27-34)11-8-19-56-21-23-58-25-26-59-24-22-57-20-17-41(53)48-3;1-3-4-18-7-8-20-11-12-22-15-16-23-14-13-21-10-9-19-6-5-17-2/h6-7,9-10,12-16,18,27-30H,4-5,8,11,17,19-26,31H2,1-3H3,(H,48,53)(H,50,54)(H,51,55);3-16H2,1-2H3. The van der Waals surface area contributed by atoms with Crippen LogP contribution in [0.1, 0.15) is 77.4 Å². The molecule has 0 bridgehead atoms. The normalized spacial score (nSPS) is 11.3. The molecule has 0 spiro atoms. The fourth-order valence-electron chi connectivity index (χ4n) is 7.48. The number of anilines is 2. The minimum atomic E-state index is -4.49. The van der Waals surface area contributed by atoms with E-state index in [1.165, 1.54) is 24.4 Å². The zero-order valence-corrected chi connectivity index (χ0v) is 48.6. The average molecular weight is 1160 g/mol. The van der Waals surface area contributed by atoms with E-state index >= 15 is 0 Å². The van der Waals surface area contributed by atoms with Crippen molar-refractivity contribution in [1.29, 1.82) is 0 Å². The summed E-state index contributed by atoms with van der Waals surface area (Å²) in [5.74, 6) is -0.859. The summed E-state index contributed by atoms with van der Waals surface area (Å²) in [4.78, 5) is 44.7. The Morgan fingerprint density at radius 3 is 1.60 bits per heavy atom. The van der Waals surface area contributed by atoms with Crippen LogP contribution in [0.5, 0.6) is 0 Å². The molecule has 0 aliphatic rings. The second-order valence-corrected chi connectivity index (χ2v) is 18.0. The number of carbonyl (C=O) groups is 3. The molecule has 1 aromatic heterocycles. The highest BCUT2D eigenvalue weighted by atomic mass is 19.4. The minimum absolute atomic E-state index is 0.0614. The number of nitrogens with one attached hydrogen (secondary N) is 3. The van der Waals surface area contributed by atoms with Crippen LogP contribution in [-0.2, 0) is 76.0 Å². The SMILES string of the molecule is CCCOCCOCCOCCOCCOCCOCCOC.CCN(CC)c1ccc(NC(=O)c2cccc(CCCOCCOCCOCCOCCC(=O)NC)c2)c(-c2cc(C(=O)NCc3cccc(C(F)(F)F)c3)ccn2)c1. The van der Waals surface area contributed by atoms with Gasteiger partial charge in [-0.1, -0.05) is 31.2 Å². The summed E-state index contributed by atoms with van der Waals surface area (Å²) in [5, 5.41) is 8.27. The van der Waals surface area contributed by atoms with Crippen molar-refractivity contribution >= 4 is 29.1 Å². The van der Waals surface area contributed by atoms with Gasteiger partial charge < -0.3 is 73.0 Å². The van der Waals surface area contributed by atoms with Crippen LogP contribution in [0.25, 0.3) is 11.3 Å². The summed E-state index contributed by atoms with van der Waals surface area (Å²) in [7, 11) is 3.24. The second kappa shape index (κ2) is 44.9. The molecular weight excluding hydrogens is 1070 g/mol. The Morgan fingerprint density at radius 2 is 1.06 bits per heavy atom. The van der Waals surface area contributed by atoms with Crippen molar-refractivity contribution in [3.05, 3.63) is 113 Å². The van der Waals surface area contributed by atoms with E-state index in [4.69, 9.17) is 52.1 Å². The van der Waals surface area contributed by atoms with Crippen LogP contribution in [0.4, 0.5) is 24.5 Å². The second-order valence-electron chi connectivity index (χ2n) is 18.0. The van der Waals surface area contributed by atoms with Gasteiger partial charge in [-0.25, -0.2) is 0 Å². The van der Waals surface area contributed by atoms with E-state index in [0.717, 1.165) is 55.9 Å². The lowest BCUT2D eigenvalue weighted by Gasteiger charge is -2.23. The molecule has 0 fully saturated rings. The number of hydrogen-bond donors (Lipinski definition) is 3. The number of nitrogens with zero attached hydrogens (tertiary/aromatic N) is 2. The third-order valence-corrected chi connectivity index (χ3v) is 11.8. The first-order chi connectivity index (χ1) is 39.9. The Balaban J connectivity index is 0.000000644. The predicted octanol–water partition coefficient (Wildman–Crippen LogP) is 8.07. The van der Waals surface area contributed by atoms with Crippen molar-refractivity contribution in [2.75, 3.05) is 176 Å². The highest BCUT2D eigenvalue weighted by Gasteiger charge is 2.30. The van der Waals surface area contributed by atoms with Crippen LogP contribution < -0.4 is 20.9 Å². The molecule has 458 valence electrons. The molecule has 0 radical (unpaired) electrons. The van der Waals surface area contributed by atoms with Crippen molar-refractivity contribution < 1.29 is 79.7 Å². The maximum absolute atomic E-state index is 13.7. The van der Waals surface area contributed by atoms with Crippen molar-refractivity contribution in [2.45, 2.75) is 59.2 Å². The predicted molar refractivity (Wildman–Crippen MR) is 308 cm³/mol. The van der Waals surface area contributed by atoms with Crippen LogP contribution in [0.15, 0.2) is 85.1 Å². The average Bonchev–Trinajstić information content (AvgIpc) is 3.64. The van der Waals surface area contributed by atoms with E-state index in [-0.39, 0.29) is 23.9 Å². The maximum Gasteiger partial charge on any atom is 0.416 e. The first-order valence-electron chi connectivity index (χ1n) is 28.1. The number of hydrogen-bond acceptors (Lipinski definition) is 16. The van der Waals surface area contributed by atoms with E-state index in [0.29, 0.717) is 173 Å². The number of benzene rings is 3. The summed E-state index contributed by atoms with van der Waals surface area (Å²) in [6.45, 7) is 18.9. The number of aromatic nitrogens is 1. The smallest absolute Gasteiger partial charge is 0.382 e. The molecule has 1 heterocycles. The molecule has 19 nitrogen and oxygen atoms in total. The van der Waals surface area contributed by atoms with Gasteiger partial charge in [-0.15, -0.1) is 0 Å². The van der Waals surface area contributed by atoms with Crippen LogP contribution in [0.2, 0.25) is 0 Å². The molecular formula is C60H88F3N5O14. The molecule has 82 heavy (non-hydrogen) atoms.